The molecule has 1 saturated carbocycles. The summed E-state index contributed by atoms with van der Waals surface area (Å²) in [7, 11) is -3.53. The number of anilines is 1. The summed E-state index contributed by atoms with van der Waals surface area (Å²) < 4.78 is 26.8. The fourth-order valence-corrected chi connectivity index (χ4v) is 5.81. The van der Waals surface area contributed by atoms with Gasteiger partial charge >= 0.3 is 0 Å². The Labute approximate surface area is 187 Å². The Bertz CT molecular complexity index is 1290. The van der Waals surface area contributed by atoms with Crippen LogP contribution < -0.4 is 16.3 Å². The molecule has 2 heterocycles. The Morgan fingerprint density at radius 2 is 1.88 bits per heavy atom. The zero-order valence-electron chi connectivity index (χ0n) is 17.7. The van der Waals surface area contributed by atoms with Gasteiger partial charge in [-0.25, -0.2) is 4.68 Å². The first-order valence-electron chi connectivity index (χ1n) is 10.7. The molecule has 0 radical (unpaired) electrons. The van der Waals surface area contributed by atoms with Crippen LogP contribution >= 0.6 is 10.8 Å². The number of amidine groups is 1. The Morgan fingerprint density at radius 3 is 2.69 bits per heavy atom. The summed E-state index contributed by atoms with van der Waals surface area (Å²) in [5.41, 5.74) is 3.75. The van der Waals surface area contributed by atoms with Gasteiger partial charge in [-0.3, -0.25) is 13.9 Å². The number of aromatic nitrogens is 1. The molecule has 8 nitrogen and oxygen atoms in total. The van der Waals surface area contributed by atoms with Crippen molar-refractivity contribution in [1.29, 1.82) is 0 Å². The van der Waals surface area contributed by atoms with E-state index in [1.165, 1.54) is 11.1 Å². The minimum atomic E-state index is -3.53. The number of aromatic hydroxyl groups is 1. The predicted octanol–water partition coefficient (Wildman–Crippen LogP) is 4.73. The van der Waals surface area contributed by atoms with Crippen molar-refractivity contribution in [3.05, 3.63) is 64.4 Å². The lowest BCUT2D eigenvalue weighted by Crippen LogP contribution is -2.41. The second-order valence-electron chi connectivity index (χ2n) is 8.56. The molecule has 1 aliphatic carbocycles. The first-order valence-corrected chi connectivity index (χ1v) is 12.2. The van der Waals surface area contributed by atoms with Crippen LogP contribution in [0.2, 0.25) is 0 Å². The van der Waals surface area contributed by atoms with Crippen LogP contribution in [0.5, 0.6) is 5.75 Å². The molecular weight excluding hydrogens is 428 g/mol. The summed E-state index contributed by atoms with van der Waals surface area (Å²) in [5, 5.41) is 14.5. The zero-order valence-corrected chi connectivity index (χ0v) is 18.5. The number of benzene rings is 2. The minimum absolute atomic E-state index is 0.0653. The number of hydrogen-bond acceptors (Lipinski definition) is 7. The Hall–Kier alpha value is -3.01. The Morgan fingerprint density at radius 1 is 1.12 bits per heavy atom. The van der Waals surface area contributed by atoms with E-state index < -0.39 is 16.3 Å². The van der Waals surface area contributed by atoms with Crippen LogP contribution in [0.1, 0.15) is 38.2 Å². The van der Waals surface area contributed by atoms with Crippen LogP contribution in [0.15, 0.2) is 62.6 Å². The van der Waals surface area contributed by atoms with Gasteiger partial charge in [-0.15, -0.1) is 4.40 Å². The van der Waals surface area contributed by atoms with Crippen molar-refractivity contribution in [2.75, 3.05) is 10.7 Å². The molecule has 32 heavy (non-hydrogen) atoms. The highest BCUT2D eigenvalue weighted by Gasteiger charge is 2.30. The highest BCUT2D eigenvalue weighted by atomic mass is 32.3. The van der Waals surface area contributed by atoms with Gasteiger partial charge in [-0.2, -0.15) is 0 Å². The number of para-hydroxylation sites is 2. The van der Waals surface area contributed by atoms with E-state index in [1.807, 2.05) is 6.07 Å². The van der Waals surface area contributed by atoms with Crippen LogP contribution in [0.4, 0.5) is 5.69 Å². The quantitative estimate of drug-likeness (QED) is 0.390. The van der Waals surface area contributed by atoms with Crippen LogP contribution in [0.25, 0.3) is 10.9 Å². The van der Waals surface area contributed by atoms with E-state index in [2.05, 4.69) is 22.1 Å². The van der Waals surface area contributed by atoms with Crippen molar-refractivity contribution >= 4 is 33.2 Å². The van der Waals surface area contributed by atoms with E-state index in [1.54, 1.807) is 42.5 Å². The van der Waals surface area contributed by atoms with Gasteiger partial charge < -0.3 is 15.8 Å². The molecule has 1 fully saturated rings. The molecule has 168 valence electrons. The molecule has 3 aromatic rings. The zero-order chi connectivity index (χ0) is 22.5. The van der Waals surface area contributed by atoms with Crippen molar-refractivity contribution < 1.29 is 14.2 Å². The SMILES string of the molecule is C[C@@H]1CCCC(Nn2c(=O)c(C3=NS(O)(O)c4ccccc4N3)c(O)c3ccccc32)C1. The highest BCUT2D eigenvalue weighted by molar-refractivity contribution is 8.23. The third-order valence-corrected chi connectivity index (χ3v) is 7.58. The fourth-order valence-electron chi connectivity index (χ4n) is 4.65. The van der Waals surface area contributed by atoms with E-state index >= 15 is 0 Å². The van der Waals surface area contributed by atoms with Crippen molar-refractivity contribution in [2.24, 2.45) is 10.3 Å². The third-order valence-electron chi connectivity index (χ3n) is 6.19. The van der Waals surface area contributed by atoms with Crippen molar-refractivity contribution in [3.8, 4) is 5.75 Å². The van der Waals surface area contributed by atoms with E-state index in [4.69, 9.17) is 0 Å². The molecule has 5 N–H and O–H groups in total. The van der Waals surface area contributed by atoms with Gasteiger partial charge in [0.2, 0.25) is 0 Å². The van der Waals surface area contributed by atoms with Gasteiger partial charge in [0.25, 0.3) is 5.56 Å². The molecule has 1 aliphatic heterocycles. The average Bonchev–Trinajstić information content (AvgIpc) is 2.76. The lowest BCUT2D eigenvalue weighted by Gasteiger charge is -2.34. The molecule has 0 amide bonds. The molecule has 9 heteroatoms. The monoisotopic (exact) mass is 454 g/mol. The minimum Gasteiger partial charge on any atom is -0.506 e. The first-order chi connectivity index (χ1) is 15.3. The van der Waals surface area contributed by atoms with Gasteiger partial charge in [0.1, 0.15) is 16.2 Å². The smallest absolute Gasteiger partial charge is 0.284 e. The fraction of sp³-hybridized carbons (Fsp3) is 0.304. The summed E-state index contributed by atoms with van der Waals surface area (Å²) in [6.45, 7) is 2.21. The normalized spacial score (nSPS) is 23.0. The second-order valence-corrected chi connectivity index (χ2v) is 10.2. The molecule has 0 bridgehead atoms. The van der Waals surface area contributed by atoms with Crippen molar-refractivity contribution in [3.63, 3.8) is 0 Å². The molecule has 0 spiro atoms. The average molecular weight is 455 g/mol. The first kappa shape index (κ1) is 20.9. The maximum Gasteiger partial charge on any atom is 0.284 e. The largest absolute Gasteiger partial charge is 0.506 e. The molecule has 1 unspecified atom stereocenters. The molecule has 5 rings (SSSR count). The molecule has 0 saturated heterocycles. The summed E-state index contributed by atoms with van der Waals surface area (Å²) in [4.78, 5) is 13.9. The molecular formula is C23H26N4O4S. The van der Waals surface area contributed by atoms with E-state index in [0.717, 1.165) is 19.3 Å². The van der Waals surface area contributed by atoms with E-state index in [0.29, 0.717) is 22.5 Å². The topological polar surface area (TPSA) is 119 Å². The second kappa shape index (κ2) is 7.84. The van der Waals surface area contributed by atoms with Crippen molar-refractivity contribution in [1.82, 2.24) is 4.68 Å². The predicted molar refractivity (Wildman–Crippen MR) is 128 cm³/mol. The van der Waals surface area contributed by atoms with Gasteiger partial charge in [0, 0.05) is 11.4 Å². The summed E-state index contributed by atoms with van der Waals surface area (Å²) in [6, 6.07) is 13.9. The van der Waals surface area contributed by atoms with Crippen LogP contribution in [0, 0.1) is 5.92 Å². The molecule has 2 aromatic carbocycles. The molecule has 2 atom stereocenters. The number of nitrogens with one attached hydrogen (secondary N) is 2. The Balaban J connectivity index is 1.68. The number of rotatable bonds is 3. The van der Waals surface area contributed by atoms with Crippen LogP contribution in [0.3, 0.4) is 0 Å². The van der Waals surface area contributed by atoms with Gasteiger partial charge in [-0.1, -0.05) is 54.8 Å². The number of hydrogen-bond donors (Lipinski definition) is 5. The van der Waals surface area contributed by atoms with Crippen LogP contribution in [-0.4, -0.2) is 30.8 Å². The van der Waals surface area contributed by atoms with Crippen LogP contribution in [-0.2, 0) is 0 Å². The Kier molecular flexibility index (Phi) is 5.11. The number of fused-ring (bicyclic) bond motifs is 2. The highest BCUT2D eigenvalue weighted by Crippen LogP contribution is 2.55. The van der Waals surface area contributed by atoms with Gasteiger partial charge in [0.15, 0.2) is 5.84 Å². The number of pyridine rings is 1. The maximum absolute atomic E-state index is 13.6. The maximum atomic E-state index is 13.6. The summed E-state index contributed by atoms with van der Waals surface area (Å²) >= 11 is 0. The van der Waals surface area contributed by atoms with Gasteiger partial charge in [0.05, 0.1) is 11.2 Å². The molecule has 1 aromatic heterocycles. The number of nitrogens with zero attached hydrogens (tertiary/aromatic N) is 2. The van der Waals surface area contributed by atoms with Gasteiger partial charge in [-0.05, 0) is 43.0 Å². The lowest BCUT2D eigenvalue weighted by molar-refractivity contribution is 0.345. The summed E-state index contributed by atoms with van der Waals surface area (Å²) in [5.74, 6) is 0.250. The summed E-state index contributed by atoms with van der Waals surface area (Å²) in [6.07, 6.45) is 4.16. The standard InChI is InChI=1S/C23H26N4O4S/c1-14-7-6-8-15(13-14)25-27-18-11-4-2-9-16(18)21(28)20(23(27)29)22-24-17-10-3-5-12-19(17)32(30,31)26-22/h2-5,9-12,14-15,25,28,30-31H,6-8,13H2,1H3,(H,24,26)/t14-,15?/m1/s1. The molecule has 2 aliphatic rings. The van der Waals surface area contributed by atoms with Crippen molar-refractivity contribution in [2.45, 2.75) is 43.5 Å². The van der Waals surface area contributed by atoms with E-state index in [9.17, 15) is 19.0 Å². The van der Waals surface area contributed by atoms with E-state index in [-0.39, 0.29) is 28.1 Å². The lowest BCUT2D eigenvalue weighted by atomic mass is 9.87. The third kappa shape index (κ3) is 3.52.